The minimum atomic E-state index is 0. The molecule has 6 heteroatoms. The number of aliphatic imine (C=N–C) groups is 1. The molecule has 0 spiro atoms. The van der Waals surface area contributed by atoms with Gasteiger partial charge in [0.2, 0.25) is 0 Å². The Morgan fingerprint density at radius 1 is 1.00 bits per heavy atom. The second-order valence-corrected chi connectivity index (χ2v) is 5.63. The third-order valence-electron chi connectivity index (χ3n) is 3.57. The highest BCUT2D eigenvalue weighted by molar-refractivity contribution is 14.0. The minimum absolute atomic E-state index is 0. The van der Waals surface area contributed by atoms with Crippen LogP contribution in [0, 0.1) is 6.92 Å². The monoisotopic (exact) mass is 463 g/mol. The Morgan fingerprint density at radius 3 is 2.40 bits per heavy atom. The van der Waals surface area contributed by atoms with Gasteiger partial charge in [0.05, 0.1) is 26.4 Å². The average molecular weight is 463 g/mol. The molecule has 144 valence electrons. The van der Waals surface area contributed by atoms with Crippen LogP contribution in [0.5, 0.6) is 0 Å². The molecule has 25 heavy (non-hydrogen) atoms. The zero-order valence-electron chi connectivity index (χ0n) is 15.8. The third-order valence-corrected chi connectivity index (χ3v) is 3.57. The summed E-state index contributed by atoms with van der Waals surface area (Å²) in [4.78, 5) is 4.63. The predicted octanol–water partition coefficient (Wildman–Crippen LogP) is 3.50. The number of halogens is 1. The van der Waals surface area contributed by atoms with Crippen molar-refractivity contribution in [3.63, 3.8) is 0 Å². The van der Waals surface area contributed by atoms with Gasteiger partial charge in [-0.2, -0.15) is 0 Å². The SMILES string of the molecule is CCCCOCCOCCNC(=NCc1ccccc1C)NCC.I. The second-order valence-electron chi connectivity index (χ2n) is 5.63. The van der Waals surface area contributed by atoms with Crippen LogP contribution in [0.1, 0.15) is 37.8 Å². The molecule has 0 unspecified atom stereocenters. The van der Waals surface area contributed by atoms with Crippen molar-refractivity contribution in [1.29, 1.82) is 0 Å². The number of nitrogens with one attached hydrogen (secondary N) is 2. The lowest BCUT2D eigenvalue weighted by atomic mass is 10.1. The molecule has 0 aliphatic heterocycles. The van der Waals surface area contributed by atoms with E-state index in [1.165, 1.54) is 17.5 Å². The van der Waals surface area contributed by atoms with E-state index in [0.717, 1.165) is 32.1 Å². The zero-order valence-corrected chi connectivity index (χ0v) is 18.2. The van der Waals surface area contributed by atoms with Gasteiger partial charge in [0.1, 0.15) is 0 Å². The van der Waals surface area contributed by atoms with Crippen LogP contribution in [0.2, 0.25) is 0 Å². The Balaban J connectivity index is 0.00000576. The molecule has 0 amide bonds. The fourth-order valence-corrected chi connectivity index (χ4v) is 2.10. The van der Waals surface area contributed by atoms with Crippen molar-refractivity contribution in [2.24, 2.45) is 4.99 Å². The summed E-state index contributed by atoms with van der Waals surface area (Å²) in [6, 6.07) is 8.33. The molecule has 1 aromatic rings. The molecule has 0 fully saturated rings. The van der Waals surface area contributed by atoms with Gasteiger partial charge in [-0.15, -0.1) is 24.0 Å². The fraction of sp³-hybridized carbons (Fsp3) is 0.632. The van der Waals surface area contributed by atoms with E-state index in [1.807, 2.05) is 0 Å². The maximum absolute atomic E-state index is 5.55. The van der Waals surface area contributed by atoms with E-state index in [0.29, 0.717) is 26.4 Å². The normalized spacial score (nSPS) is 11.1. The van der Waals surface area contributed by atoms with Crippen LogP contribution in [-0.2, 0) is 16.0 Å². The van der Waals surface area contributed by atoms with Crippen molar-refractivity contribution < 1.29 is 9.47 Å². The summed E-state index contributed by atoms with van der Waals surface area (Å²) in [6.45, 7) is 11.4. The van der Waals surface area contributed by atoms with E-state index in [-0.39, 0.29) is 24.0 Å². The molecule has 0 aliphatic carbocycles. The van der Waals surface area contributed by atoms with Crippen molar-refractivity contribution in [1.82, 2.24) is 10.6 Å². The van der Waals surface area contributed by atoms with Crippen LogP contribution in [0.25, 0.3) is 0 Å². The molecule has 0 aliphatic rings. The number of ether oxygens (including phenoxy) is 2. The number of rotatable bonds is 12. The van der Waals surface area contributed by atoms with Crippen molar-refractivity contribution in [3.8, 4) is 0 Å². The lowest BCUT2D eigenvalue weighted by molar-refractivity contribution is 0.0487. The molecule has 0 aromatic heterocycles. The molecule has 0 heterocycles. The molecule has 0 radical (unpaired) electrons. The fourth-order valence-electron chi connectivity index (χ4n) is 2.10. The first-order valence-corrected chi connectivity index (χ1v) is 9.00. The van der Waals surface area contributed by atoms with E-state index >= 15 is 0 Å². The number of unbranched alkanes of at least 4 members (excludes halogenated alkanes) is 1. The van der Waals surface area contributed by atoms with Crippen molar-refractivity contribution in [3.05, 3.63) is 35.4 Å². The summed E-state index contributed by atoms with van der Waals surface area (Å²) in [7, 11) is 0. The smallest absolute Gasteiger partial charge is 0.191 e. The number of guanidine groups is 1. The van der Waals surface area contributed by atoms with Gasteiger partial charge in [-0.1, -0.05) is 37.6 Å². The topological polar surface area (TPSA) is 54.9 Å². The van der Waals surface area contributed by atoms with E-state index in [1.54, 1.807) is 0 Å². The molecule has 1 aromatic carbocycles. The van der Waals surface area contributed by atoms with Crippen LogP contribution in [0.3, 0.4) is 0 Å². The highest BCUT2D eigenvalue weighted by Gasteiger charge is 1.99. The Bertz CT molecular complexity index is 470. The number of benzene rings is 1. The second kappa shape index (κ2) is 16.6. The number of aryl methyl sites for hydroxylation is 1. The highest BCUT2D eigenvalue weighted by atomic mass is 127. The quantitative estimate of drug-likeness (QED) is 0.216. The first kappa shape index (κ1) is 24.1. The Labute approximate surface area is 170 Å². The molecule has 0 saturated heterocycles. The maximum atomic E-state index is 5.55. The summed E-state index contributed by atoms with van der Waals surface area (Å²) in [5, 5.41) is 6.55. The van der Waals surface area contributed by atoms with Crippen LogP contribution >= 0.6 is 24.0 Å². The first-order chi connectivity index (χ1) is 11.8. The van der Waals surface area contributed by atoms with Crippen molar-refractivity contribution >= 4 is 29.9 Å². The Kier molecular flexibility index (Phi) is 16.0. The van der Waals surface area contributed by atoms with Crippen LogP contribution in [0.15, 0.2) is 29.3 Å². The maximum Gasteiger partial charge on any atom is 0.191 e. The molecular weight excluding hydrogens is 429 g/mol. The summed E-state index contributed by atoms with van der Waals surface area (Å²) in [6.07, 6.45) is 2.28. The van der Waals surface area contributed by atoms with Gasteiger partial charge >= 0.3 is 0 Å². The van der Waals surface area contributed by atoms with Gasteiger partial charge in [-0.3, -0.25) is 0 Å². The van der Waals surface area contributed by atoms with E-state index in [9.17, 15) is 0 Å². The van der Waals surface area contributed by atoms with Gasteiger partial charge in [0.15, 0.2) is 5.96 Å². The van der Waals surface area contributed by atoms with Gasteiger partial charge in [0, 0.05) is 19.7 Å². The van der Waals surface area contributed by atoms with Gasteiger partial charge in [0.25, 0.3) is 0 Å². The third kappa shape index (κ3) is 12.2. The van der Waals surface area contributed by atoms with E-state index in [4.69, 9.17) is 9.47 Å². The summed E-state index contributed by atoms with van der Waals surface area (Å²) in [5.74, 6) is 0.823. The molecule has 0 saturated carbocycles. The van der Waals surface area contributed by atoms with Crippen molar-refractivity contribution in [2.45, 2.75) is 40.2 Å². The molecule has 0 atom stereocenters. The van der Waals surface area contributed by atoms with E-state index < -0.39 is 0 Å². The van der Waals surface area contributed by atoms with Gasteiger partial charge in [-0.05, 0) is 31.4 Å². The molecule has 1 rings (SSSR count). The predicted molar refractivity (Wildman–Crippen MR) is 116 cm³/mol. The number of nitrogens with zero attached hydrogens (tertiary/aromatic N) is 1. The Morgan fingerprint density at radius 2 is 1.72 bits per heavy atom. The number of hydrogen-bond acceptors (Lipinski definition) is 3. The van der Waals surface area contributed by atoms with Gasteiger partial charge in [-0.25, -0.2) is 4.99 Å². The molecule has 2 N–H and O–H groups in total. The zero-order chi connectivity index (χ0) is 17.5. The molecule has 5 nitrogen and oxygen atoms in total. The average Bonchev–Trinajstić information content (AvgIpc) is 2.59. The van der Waals surface area contributed by atoms with Crippen LogP contribution in [0.4, 0.5) is 0 Å². The minimum Gasteiger partial charge on any atom is -0.379 e. The summed E-state index contributed by atoms with van der Waals surface area (Å²) >= 11 is 0. The molecular formula is C19H34IN3O2. The Hall–Kier alpha value is -0.860. The van der Waals surface area contributed by atoms with Crippen LogP contribution in [-0.4, -0.2) is 45.5 Å². The number of hydrogen-bond donors (Lipinski definition) is 2. The van der Waals surface area contributed by atoms with E-state index in [2.05, 4.69) is 60.7 Å². The lowest BCUT2D eigenvalue weighted by Gasteiger charge is -2.12. The molecule has 0 bridgehead atoms. The summed E-state index contributed by atoms with van der Waals surface area (Å²) < 4.78 is 11.0. The first-order valence-electron chi connectivity index (χ1n) is 9.00. The standard InChI is InChI=1S/C19H33N3O2.HI/c1-4-6-12-23-14-15-24-13-11-21-19(20-5-2)22-16-18-10-8-7-9-17(18)3;/h7-10H,4-6,11-16H2,1-3H3,(H2,20,21,22);1H. The summed E-state index contributed by atoms with van der Waals surface area (Å²) in [5.41, 5.74) is 2.51. The largest absolute Gasteiger partial charge is 0.379 e. The highest BCUT2D eigenvalue weighted by Crippen LogP contribution is 2.07. The lowest BCUT2D eigenvalue weighted by Crippen LogP contribution is -2.39. The van der Waals surface area contributed by atoms with Crippen molar-refractivity contribution in [2.75, 3.05) is 39.5 Å². The van der Waals surface area contributed by atoms with Crippen LogP contribution < -0.4 is 10.6 Å². The van der Waals surface area contributed by atoms with Gasteiger partial charge < -0.3 is 20.1 Å².